The summed E-state index contributed by atoms with van der Waals surface area (Å²) in [4.78, 5) is 22.7. The van der Waals surface area contributed by atoms with Crippen molar-refractivity contribution in [3.63, 3.8) is 0 Å². The second-order valence-electron chi connectivity index (χ2n) is 5.07. The van der Waals surface area contributed by atoms with Crippen molar-refractivity contribution in [2.45, 2.75) is 20.8 Å². The highest BCUT2D eigenvalue weighted by atomic mass is 35.5. The van der Waals surface area contributed by atoms with E-state index in [0.29, 0.717) is 25.6 Å². The molecule has 1 aromatic heterocycles. The highest BCUT2D eigenvalue weighted by Gasteiger charge is 2.17. The standard InChI is InChI=1S/C17H20ClFN4O2/c1-4-23(5-2)17-20-10-12(18)15(22-17)16(24)21-11-7-8-14(25-6-3)13(19)9-11/h7-10H,4-6H2,1-3H3,(H,21,24). The molecular formula is C17H20ClFN4O2. The number of hydrogen-bond donors (Lipinski definition) is 1. The summed E-state index contributed by atoms with van der Waals surface area (Å²) in [6.07, 6.45) is 1.38. The Labute approximate surface area is 151 Å². The SMILES string of the molecule is CCOc1ccc(NC(=O)c2nc(N(CC)CC)ncc2Cl)cc1F. The van der Waals surface area contributed by atoms with E-state index in [1.807, 2.05) is 18.7 Å². The Bertz CT molecular complexity index is 753. The van der Waals surface area contributed by atoms with Gasteiger partial charge in [0, 0.05) is 24.8 Å². The molecule has 8 heteroatoms. The van der Waals surface area contributed by atoms with Crippen molar-refractivity contribution in [1.82, 2.24) is 9.97 Å². The maximum atomic E-state index is 13.9. The van der Waals surface area contributed by atoms with Crippen molar-refractivity contribution < 1.29 is 13.9 Å². The minimum absolute atomic E-state index is 0.0351. The van der Waals surface area contributed by atoms with Crippen molar-refractivity contribution in [2.24, 2.45) is 0 Å². The maximum absolute atomic E-state index is 13.9. The zero-order chi connectivity index (χ0) is 18.4. The van der Waals surface area contributed by atoms with Crippen LogP contribution in [0.3, 0.4) is 0 Å². The number of benzene rings is 1. The number of rotatable bonds is 7. The molecule has 0 saturated heterocycles. The molecule has 0 aliphatic carbocycles. The Kier molecular flexibility index (Phi) is 6.52. The molecule has 1 heterocycles. The average Bonchev–Trinajstić information content (AvgIpc) is 2.59. The summed E-state index contributed by atoms with van der Waals surface area (Å²) in [6.45, 7) is 7.44. The van der Waals surface area contributed by atoms with Gasteiger partial charge in [-0.15, -0.1) is 0 Å². The van der Waals surface area contributed by atoms with Gasteiger partial charge in [0.2, 0.25) is 5.95 Å². The van der Waals surface area contributed by atoms with Crippen LogP contribution in [0.2, 0.25) is 5.02 Å². The first-order valence-electron chi connectivity index (χ1n) is 8.01. The van der Waals surface area contributed by atoms with E-state index in [0.717, 1.165) is 0 Å². The molecule has 2 rings (SSSR count). The number of anilines is 2. The van der Waals surface area contributed by atoms with Gasteiger partial charge >= 0.3 is 0 Å². The van der Waals surface area contributed by atoms with Crippen LogP contribution in [-0.4, -0.2) is 35.6 Å². The van der Waals surface area contributed by atoms with E-state index < -0.39 is 11.7 Å². The number of nitrogens with one attached hydrogen (secondary N) is 1. The smallest absolute Gasteiger partial charge is 0.276 e. The number of ether oxygens (including phenoxy) is 1. The number of carbonyl (C=O) groups excluding carboxylic acids is 1. The molecular weight excluding hydrogens is 347 g/mol. The molecule has 0 aliphatic rings. The van der Waals surface area contributed by atoms with E-state index in [1.54, 1.807) is 13.0 Å². The minimum Gasteiger partial charge on any atom is -0.491 e. The Morgan fingerprint density at radius 1 is 1.32 bits per heavy atom. The predicted octanol–water partition coefficient (Wildman–Crippen LogP) is 3.77. The molecule has 1 N–H and O–H groups in total. The molecule has 134 valence electrons. The molecule has 2 aromatic rings. The van der Waals surface area contributed by atoms with E-state index >= 15 is 0 Å². The van der Waals surface area contributed by atoms with Gasteiger partial charge in [-0.3, -0.25) is 4.79 Å². The molecule has 0 radical (unpaired) electrons. The van der Waals surface area contributed by atoms with E-state index in [9.17, 15) is 9.18 Å². The second kappa shape index (κ2) is 8.62. The topological polar surface area (TPSA) is 67.3 Å². The lowest BCUT2D eigenvalue weighted by Gasteiger charge is -2.19. The summed E-state index contributed by atoms with van der Waals surface area (Å²) in [6, 6.07) is 4.19. The van der Waals surface area contributed by atoms with Crippen LogP contribution >= 0.6 is 11.6 Å². The van der Waals surface area contributed by atoms with Gasteiger partial charge in [-0.1, -0.05) is 11.6 Å². The summed E-state index contributed by atoms with van der Waals surface area (Å²) >= 11 is 6.05. The monoisotopic (exact) mass is 366 g/mol. The molecule has 0 atom stereocenters. The van der Waals surface area contributed by atoms with Crippen LogP contribution in [0.1, 0.15) is 31.3 Å². The second-order valence-corrected chi connectivity index (χ2v) is 5.48. The first kappa shape index (κ1) is 18.9. The zero-order valence-corrected chi connectivity index (χ0v) is 15.1. The lowest BCUT2D eigenvalue weighted by molar-refractivity contribution is 0.102. The number of halogens is 2. The fourth-order valence-corrected chi connectivity index (χ4v) is 2.39. The van der Waals surface area contributed by atoms with Crippen molar-refractivity contribution in [3.8, 4) is 5.75 Å². The largest absolute Gasteiger partial charge is 0.491 e. The lowest BCUT2D eigenvalue weighted by Crippen LogP contribution is -2.25. The van der Waals surface area contributed by atoms with Gasteiger partial charge in [-0.2, -0.15) is 0 Å². The first-order chi connectivity index (χ1) is 12.0. The van der Waals surface area contributed by atoms with Crippen molar-refractivity contribution in [1.29, 1.82) is 0 Å². The molecule has 0 spiro atoms. The van der Waals surface area contributed by atoms with Crippen LogP contribution in [0, 0.1) is 5.82 Å². The summed E-state index contributed by atoms with van der Waals surface area (Å²) in [5, 5.41) is 2.71. The third-order valence-electron chi connectivity index (χ3n) is 3.48. The molecule has 1 amide bonds. The van der Waals surface area contributed by atoms with Crippen LogP contribution < -0.4 is 15.0 Å². The zero-order valence-electron chi connectivity index (χ0n) is 14.3. The third kappa shape index (κ3) is 4.57. The Morgan fingerprint density at radius 2 is 2.04 bits per heavy atom. The van der Waals surface area contributed by atoms with Gasteiger partial charge in [-0.05, 0) is 32.9 Å². The quantitative estimate of drug-likeness (QED) is 0.808. The van der Waals surface area contributed by atoms with Gasteiger partial charge < -0.3 is 15.0 Å². The highest BCUT2D eigenvalue weighted by Crippen LogP contribution is 2.23. The van der Waals surface area contributed by atoms with Crippen molar-refractivity contribution in [3.05, 3.63) is 40.9 Å². The minimum atomic E-state index is -0.558. The molecule has 0 unspecified atom stereocenters. The number of aromatic nitrogens is 2. The Morgan fingerprint density at radius 3 is 2.64 bits per heavy atom. The van der Waals surface area contributed by atoms with E-state index in [1.165, 1.54) is 18.3 Å². The third-order valence-corrected chi connectivity index (χ3v) is 3.76. The fourth-order valence-electron chi connectivity index (χ4n) is 2.22. The van der Waals surface area contributed by atoms with Crippen LogP contribution in [-0.2, 0) is 0 Å². The summed E-state index contributed by atoms with van der Waals surface area (Å²) in [5.41, 5.74) is 0.317. The summed E-state index contributed by atoms with van der Waals surface area (Å²) in [7, 11) is 0. The molecule has 0 fully saturated rings. The molecule has 0 aliphatic heterocycles. The van der Waals surface area contributed by atoms with Crippen molar-refractivity contribution in [2.75, 3.05) is 29.9 Å². The summed E-state index contributed by atoms with van der Waals surface area (Å²) in [5.74, 6) is -0.552. The van der Waals surface area contributed by atoms with Gasteiger partial charge in [-0.25, -0.2) is 14.4 Å². The first-order valence-corrected chi connectivity index (χ1v) is 8.39. The lowest BCUT2D eigenvalue weighted by atomic mass is 10.2. The molecule has 0 bridgehead atoms. The van der Waals surface area contributed by atoms with Gasteiger partial charge in [0.15, 0.2) is 17.3 Å². The van der Waals surface area contributed by atoms with E-state index in [4.69, 9.17) is 16.3 Å². The normalized spacial score (nSPS) is 10.4. The highest BCUT2D eigenvalue weighted by molar-refractivity contribution is 6.34. The van der Waals surface area contributed by atoms with Crippen LogP contribution in [0.25, 0.3) is 0 Å². The molecule has 25 heavy (non-hydrogen) atoms. The van der Waals surface area contributed by atoms with Gasteiger partial charge in [0.1, 0.15) is 0 Å². The summed E-state index contributed by atoms with van der Waals surface area (Å²) < 4.78 is 19.0. The molecule has 0 saturated carbocycles. The fraction of sp³-hybridized carbons (Fsp3) is 0.353. The Balaban J connectivity index is 2.23. The van der Waals surface area contributed by atoms with E-state index in [-0.39, 0.29) is 22.2 Å². The van der Waals surface area contributed by atoms with Crippen LogP contribution in [0.15, 0.2) is 24.4 Å². The maximum Gasteiger partial charge on any atom is 0.276 e. The number of carbonyl (C=O) groups is 1. The van der Waals surface area contributed by atoms with E-state index in [2.05, 4.69) is 15.3 Å². The van der Waals surface area contributed by atoms with Crippen molar-refractivity contribution >= 4 is 29.1 Å². The van der Waals surface area contributed by atoms with Crippen LogP contribution in [0.5, 0.6) is 5.75 Å². The number of hydrogen-bond acceptors (Lipinski definition) is 5. The van der Waals surface area contributed by atoms with Gasteiger partial charge in [0.05, 0.1) is 17.8 Å². The molecule has 6 nitrogen and oxygen atoms in total. The Hall–Kier alpha value is -2.41. The molecule has 1 aromatic carbocycles. The van der Waals surface area contributed by atoms with Crippen LogP contribution in [0.4, 0.5) is 16.0 Å². The van der Waals surface area contributed by atoms with Gasteiger partial charge in [0.25, 0.3) is 5.91 Å². The predicted molar refractivity (Wildman–Crippen MR) is 96.1 cm³/mol. The number of nitrogens with zero attached hydrogens (tertiary/aromatic N) is 3. The number of amides is 1. The average molecular weight is 367 g/mol.